The van der Waals surface area contributed by atoms with Crippen LogP contribution in [-0.2, 0) is 10.0 Å². The van der Waals surface area contributed by atoms with Crippen molar-refractivity contribution in [3.8, 4) is 0 Å². The average Bonchev–Trinajstić information content (AvgIpc) is 2.63. The lowest BCUT2D eigenvalue weighted by atomic mass is 9.99. The van der Waals surface area contributed by atoms with Crippen molar-refractivity contribution in [2.45, 2.75) is 63.4 Å². The molecule has 1 heterocycles. The monoisotopic (exact) mass is 381 g/mol. The Hall–Kier alpha value is -1.44. The average molecular weight is 382 g/mol. The summed E-state index contributed by atoms with van der Waals surface area (Å²) < 4.78 is 27.1. The fourth-order valence-electron chi connectivity index (χ4n) is 3.27. The minimum atomic E-state index is -3.51. The summed E-state index contributed by atoms with van der Waals surface area (Å²) in [6.45, 7) is 7.98. The third-order valence-electron chi connectivity index (χ3n) is 4.78. The van der Waals surface area contributed by atoms with Crippen LogP contribution in [0.3, 0.4) is 0 Å². The molecule has 2 unspecified atom stereocenters. The van der Waals surface area contributed by atoms with Crippen LogP contribution in [0.1, 0.15) is 56.8 Å². The van der Waals surface area contributed by atoms with Gasteiger partial charge in [-0.2, -0.15) is 4.31 Å². The standard InChI is InChI=1S/C19H31N3O3S/c1-4-13-22(14-5-2)26(24,25)17-10-8-16(9-11-17)19(23)21-18-7-6-12-20-15(18)3/h8-11,15,18,20H,4-7,12-14H2,1-3H3,(H,21,23). The van der Waals surface area contributed by atoms with E-state index in [2.05, 4.69) is 17.6 Å². The molecule has 2 rings (SSSR count). The molecule has 1 amide bonds. The molecule has 0 radical (unpaired) electrons. The zero-order chi connectivity index (χ0) is 19.2. The summed E-state index contributed by atoms with van der Waals surface area (Å²) in [6, 6.07) is 6.60. The maximum Gasteiger partial charge on any atom is 0.251 e. The van der Waals surface area contributed by atoms with E-state index in [1.807, 2.05) is 13.8 Å². The van der Waals surface area contributed by atoms with Gasteiger partial charge in [0.15, 0.2) is 0 Å². The van der Waals surface area contributed by atoms with Gasteiger partial charge < -0.3 is 10.6 Å². The topological polar surface area (TPSA) is 78.5 Å². The fraction of sp³-hybridized carbons (Fsp3) is 0.632. The first-order chi connectivity index (χ1) is 12.4. The summed E-state index contributed by atoms with van der Waals surface area (Å²) in [5, 5.41) is 6.40. The molecular weight excluding hydrogens is 350 g/mol. The Bertz CT molecular complexity index is 682. The van der Waals surface area contributed by atoms with Crippen LogP contribution in [0.2, 0.25) is 0 Å². The summed E-state index contributed by atoms with van der Waals surface area (Å²) >= 11 is 0. The second-order valence-corrected chi connectivity index (χ2v) is 8.83. The first-order valence-electron chi connectivity index (χ1n) is 9.54. The number of piperidine rings is 1. The number of amides is 1. The summed E-state index contributed by atoms with van der Waals surface area (Å²) in [6.07, 6.45) is 3.53. The molecule has 1 aromatic carbocycles. The molecule has 1 saturated heterocycles. The third kappa shape index (κ3) is 5.05. The Labute approximate surface area is 157 Å². The number of carbonyl (C=O) groups is 1. The molecule has 0 spiro atoms. The molecule has 0 bridgehead atoms. The first-order valence-corrected chi connectivity index (χ1v) is 11.0. The highest BCUT2D eigenvalue weighted by Crippen LogP contribution is 2.18. The molecule has 1 aliphatic heterocycles. The van der Waals surface area contributed by atoms with Gasteiger partial charge in [0, 0.05) is 30.7 Å². The minimum absolute atomic E-state index is 0.101. The summed E-state index contributed by atoms with van der Waals surface area (Å²) in [5.74, 6) is -0.159. The van der Waals surface area contributed by atoms with Crippen LogP contribution in [0.4, 0.5) is 0 Å². The molecule has 146 valence electrons. The van der Waals surface area contributed by atoms with Gasteiger partial charge in [0.05, 0.1) is 4.90 Å². The van der Waals surface area contributed by atoms with Gasteiger partial charge >= 0.3 is 0 Å². The molecule has 1 aliphatic rings. The smallest absolute Gasteiger partial charge is 0.251 e. The van der Waals surface area contributed by atoms with Crippen molar-refractivity contribution in [2.24, 2.45) is 0 Å². The van der Waals surface area contributed by atoms with Crippen LogP contribution in [-0.4, -0.2) is 50.3 Å². The van der Waals surface area contributed by atoms with Crippen molar-refractivity contribution in [3.05, 3.63) is 29.8 Å². The molecular formula is C19H31N3O3S. The van der Waals surface area contributed by atoms with E-state index < -0.39 is 10.0 Å². The van der Waals surface area contributed by atoms with Crippen molar-refractivity contribution < 1.29 is 13.2 Å². The van der Waals surface area contributed by atoms with Crippen LogP contribution in [0.25, 0.3) is 0 Å². The minimum Gasteiger partial charge on any atom is -0.348 e. The molecule has 2 atom stereocenters. The Morgan fingerprint density at radius 2 is 1.81 bits per heavy atom. The number of hydrogen-bond donors (Lipinski definition) is 2. The van der Waals surface area contributed by atoms with E-state index in [1.54, 1.807) is 12.1 Å². The highest BCUT2D eigenvalue weighted by molar-refractivity contribution is 7.89. The van der Waals surface area contributed by atoms with Gasteiger partial charge in [0.25, 0.3) is 5.91 Å². The van der Waals surface area contributed by atoms with E-state index in [9.17, 15) is 13.2 Å². The first kappa shape index (κ1) is 20.9. The molecule has 7 heteroatoms. The van der Waals surface area contributed by atoms with Gasteiger partial charge in [-0.05, 0) is 63.4 Å². The van der Waals surface area contributed by atoms with Gasteiger partial charge in [0.1, 0.15) is 0 Å². The van der Waals surface area contributed by atoms with Crippen molar-refractivity contribution in [1.82, 2.24) is 14.9 Å². The normalized spacial score (nSPS) is 20.9. The van der Waals surface area contributed by atoms with E-state index >= 15 is 0 Å². The quantitative estimate of drug-likeness (QED) is 0.725. The van der Waals surface area contributed by atoms with E-state index in [4.69, 9.17) is 0 Å². The number of rotatable bonds is 8. The molecule has 0 aliphatic carbocycles. The molecule has 1 aromatic rings. The number of benzene rings is 1. The van der Waals surface area contributed by atoms with Gasteiger partial charge in [-0.3, -0.25) is 4.79 Å². The Morgan fingerprint density at radius 3 is 2.35 bits per heavy atom. The third-order valence-corrected chi connectivity index (χ3v) is 6.69. The van der Waals surface area contributed by atoms with Gasteiger partial charge in [0.2, 0.25) is 10.0 Å². The van der Waals surface area contributed by atoms with Crippen LogP contribution in [0, 0.1) is 0 Å². The Kier molecular flexibility index (Phi) is 7.61. The van der Waals surface area contributed by atoms with E-state index in [-0.39, 0.29) is 22.9 Å². The number of hydrogen-bond acceptors (Lipinski definition) is 4. The summed E-state index contributed by atoms with van der Waals surface area (Å²) in [5.41, 5.74) is 0.485. The van der Waals surface area contributed by atoms with Gasteiger partial charge in [-0.15, -0.1) is 0 Å². The SMILES string of the molecule is CCCN(CCC)S(=O)(=O)c1ccc(C(=O)NC2CCCNC2C)cc1. The summed E-state index contributed by atoms with van der Waals surface area (Å²) in [7, 11) is -3.51. The van der Waals surface area contributed by atoms with E-state index in [1.165, 1.54) is 16.4 Å². The zero-order valence-corrected chi connectivity index (χ0v) is 16.8. The second-order valence-electron chi connectivity index (χ2n) is 6.89. The molecule has 6 nitrogen and oxygen atoms in total. The Balaban J connectivity index is 2.10. The molecule has 2 N–H and O–H groups in total. The molecule has 0 saturated carbocycles. The number of sulfonamides is 1. The highest BCUT2D eigenvalue weighted by atomic mass is 32.2. The lowest BCUT2D eigenvalue weighted by Gasteiger charge is -2.30. The zero-order valence-electron chi connectivity index (χ0n) is 16.0. The van der Waals surface area contributed by atoms with Gasteiger partial charge in [-0.25, -0.2) is 8.42 Å². The number of nitrogens with zero attached hydrogens (tertiary/aromatic N) is 1. The van der Waals surface area contributed by atoms with E-state index in [0.717, 1.165) is 32.2 Å². The lowest BCUT2D eigenvalue weighted by Crippen LogP contribution is -2.51. The largest absolute Gasteiger partial charge is 0.348 e. The predicted molar refractivity (Wildman–Crippen MR) is 104 cm³/mol. The number of nitrogens with one attached hydrogen (secondary N) is 2. The second kappa shape index (κ2) is 9.48. The fourth-order valence-corrected chi connectivity index (χ4v) is 4.90. The molecule has 26 heavy (non-hydrogen) atoms. The maximum atomic E-state index is 12.8. The molecule has 0 aromatic heterocycles. The van der Waals surface area contributed by atoms with Crippen LogP contribution < -0.4 is 10.6 Å². The van der Waals surface area contributed by atoms with Crippen molar-refractivity contribution in [3.63, 3.8) is 0 Å². The van der Waals surface area contributed by atoms with Crippen LogP contribution >= 0.6 is 0 Å². The van der Waals surface area contributed by atoms with Crippen molar-refractivity contribution >= 4 is 15.9 Å². The van der Waals surface area contributed by atoms with Crippen LogP contribution in [0.15, 0.2) is 29.2 Å². The van der Waals surface area contributed by atoms with Gasteiger partial charge in [-0.1, -0.05) is 13.8 Å². The van der Waals surface area contributed by atoms with E-state index in [0.29, 0.717) is 18.7 Å². The lowest BCUT2D eigenvalue weighted by molar-refractivity contribution is 0.0919. The summed E-state index contributed by atoms with van der Waals surface area (Å²) in [4.78, 5) is 12.7. The van der Waals surface area contributed by atoms with Crippen LogP contribution in [0.5, 0.6) is 0 Å². The molecule has 1 fully saturated rings. The van der Waals surface area contributed by atoms with Crippen molar-refractivity contribution in [1.29, 1.82) is 0 Å². The van der Waals surface area contributed by atoms with Crippen molar-refractivity contribution in [2.75, 3.05) is 19.6 Å². The highest BCUT2D eigenvalue weighted by Gasteiger charge is 2.25. The number of carbonyl (C=O) groups excluding carboxylic acids is 1. The Morgan fingerprint density at radius 1 is 1.19 bits per heavy atom. The maximum absolute atomic E-state index is 12.8. The predicted octanol–water partition coefficient (Wildman–Crippen LogP) is 2.37.